The third kappa shape index (κ3) is 2.86. The maximum atomic E-state index is 12.9. The number of rotatable bonds is 2. The van der Waals surface area contributed by atoms with Crippen LogP contribution in [0.1, 0.15) is 36.5 Å². The van der Waals surface area contributed by atoms with Crippen molar-refractivity contribution in [1.82, 2.24) is 5.32 Å². The molecular formula is C13H15BrFNO. The van der Waals surface area contributed by atoms with Crippen LogP contribution in [0.15, 0.2) is 22.7 Å². The van der Waals surface area contributed by atoms with Gasteiger partial charge in [-0.1, -0.05) is 13.3 Å². The van der Waals surface area contributed by atoms with Crippen LogP contribution < -0.4 is 5.32 Å². The average Bonchev–Trinajstić information content (AvgIpc) is 2.64. The highest BCUT2D eigenvalue weighted by Crippen LogP contribution is 2.26. The summed E-state index contributed by atoms with van der Waals surface area (Å²) < 4.78 is 13.4. The van der Waals surface area contributed by atoms with Crippen molar-refractivity contribution in [2.45, 2.75) is 32.2 Å². The molecule has 92 valence electrons. The molecule has 1 saturated carbocycles. The topological polar surface area (TPSA) is 29.1 Å². The van der Waals surface area contributed by atoms with Gasteiger partial charge in [0.15, 0.2) is 0 Å². The van der Waals surface area contributed by atoms with E-state index in [0.29, 0.717) is 16.0 Å². The minimum Gasteiger partial charge on any atom is -0.349 e. The van der Waals surface area contributed by atoms with E-state index in [-0.39, 0.29) is 17.8 Å². The second kappa shape index (κ2) is 5.17. The van der Waals surface area contributed by atoms with Gasteiger partial charge in [-0.15, -0.1) is 0 Å². The summed E-state index contributed by atoms with van der Waals surface area (Å²) in [5.74, 6) is 0.0523. The predicted octanol–water partition coefficient (Wildman–Crippen LogP) is 3.51. The Morgan fingerprint density at radius 3 is 2.82 bits per heavy atom. The van der Waals surface area contributed by atoms with Gasteiger partial charge in [0.05, 0.1) is 5.56 Å². The summed E-state index contributed by atoms with van der Waals surface area (Å²) in [4.78, 5) is 12.0. The number of halogens is 2. The Morgan fingerprint density at radius 2 is 2.24 bits per heavy atom. The first kappa shape index (κ1) is 12.6. The number of carbonyl (C=O) groups is 1. The summed E-state index contributed by atoms with van der Waals surface area (Å²) in [6, 6.07) is 4.37. The molecule has 2 unspecified atom stereocenters. The van der Waals surface area contributed by atoms with E-state index in [0.717, 1.165) is 19.3 Å². The standard InChI is InChI=1S/C13H15BrFNO/c1-8-3-2-4-12(8)16-13(17)10-6-5-9(15)7-11(10)14/h5-8,12H,2-4H2,1H3,(H,16,17). The largest absolute Gasteiger partial charge is 0.349 e. The fraction of sp³-hybridized carbons (Fsp3) is 0.462. The van der Waals surface area contributed by atoms with Gasteiger partial charge in [-0.2, -0.15) is 0 Å². The van der Waals surface area contributed by atoms with E-state index in [1.165, 1.54) is 18.2 Å². The van der Waals surface area contributed by atoms with Crippen LogP contribution >= 0.6 is 15.9 Å². The van der Waals surface area contributed by atoms with Crippen LogP contribution in [0, 0.1) is 11.7 Å². The lowest BCUT2D eigenvalue weighted by Crippen LogP contribution is -2.36. The first-order valence-electron chi connectivity index (χ1n) is 5.84. The van der Waals surface area contributed by atoms with Crippen LogP contribution in [0.3, 0.4) is 0 Å². The maximum absolute atomic E-state index is 12.9. The highest BCUT2D eigenvalue weighted by molar-refractivity contribution is 9.10. The van der Waals surface area contributed by atoms with Crippen LogP contribution in [0.4, 0.5) is 4.39 Å². The molecule has 1 aromatic rings. The molecule has 2 nitrogen and oxygen atoms in total. The summed E-state index contributed by atoms with van der Waals surface area (Å²) in [6.45, 7) is 2.15. The summed E-state index contributed by atoms with van der Waals surface area (Å²) in [5, 5.41) is 3.01. The molecule has 1 N–H and O–H groups in total. The van der Waals surface area contributed by atoms with Gasteiger partial charge in [-0.25, -0.2) is 4.39 Å². The average molecular weight is 300 g/mol. The molecule has 2 atom stereocenters. The Labute approximate surface area is 109 Å². The summed E-state index contributed by atoms with van der Waals surface area (Å²) >= 11 is 3.21. The zero-order chi connectivity index (χ0) is 12.4. The molecule has 0 bridgehead atoms. The van der Waals surface area contributed by atoms with Gasteiger partial charge in [0.1, 0.15) is 5.82 Å². The number of amides is 1. The van der Waals surface area contributed by atoms with Crippen LogP contribution in [0.2, 0.25) is 0 Å². The van der Waals surface area contributed by atoms with Crippen molar-refractivity contribution in [3.8, 4) is 0 Å². The predicted molar refractivity (Wildman–Crippen MR) is 68.4 cm³/mol. The summed E-state index contributed by atoms with van der Waals surface area (Å²) in [7, 11) is 0. The highest BCUT2D eigenvalue weighted by Gasteiger charge is 2.25. The monoisotopic (exact) mass is 299 g/mol. The molecule has 1 aliphatic carbocycles. The van der Waals surface area contributed by atoms with Crippen molar-refractivity contribution >= 4 is 21.8 Å². The van der Waals surface area contributed by atoms with Crippen LogP contribution in [0.25, 0.3) is 0 Å². The molecule has 0 spiro atoms. The van der Waals surface area contributed by atoms with Crippen molar-refractivity contribution in [3.05, 3.63) is 34.1 Å². The van der Waals surface area contributed by atoms with E-state index in [1.54, 1.807) is 0 Å². The third-order valence-electron chi connectivity index (χ3n) is 3.35. The zero-order valence-corrected chi connectivity index (χ0v) is 11.3. The molecule has 0 aliphatic heterocycles. The molecule has 1 fully saturated rings. The quantitative estimate of drug-likeness (QED) is 0.890. The third-order valence-corrected chi connectivity index (χ3v) is 4.01. The van der Waals surface area contributed by atoms with Gasteiger partial charge in [0.25, 0.3) is 5.91 Å². The van der Waals surface area contributed by atoms with Gasteiger partial charge < -0.3 is 5.32 Å². The molecule has 4 heteroatoms. The second-order valence-corrected chi connectivity index (χ2v) is 5.47. The van der Waals surface area contributed by atoms with Crippen molar-refractivity contribution in [3.63, 3.8) is 0 Å². The van der Waals surface area contributed by atoms with Gasteiger partial charge in [0, 0.05) is 10.5 Å². The number of benzene rings is 1. The van der Waals surface area contributed by atoms with Crippen molar-refractivity contribution in [1.29, 1.82) is 0 Å². The molecule has 0 heterocycles. The Morgan fingerprint density at radius 1 is 1.47 bits per heavy atom. The Balaban J connectivity index is 2.09. The maximum Gasteiger partial charge on any atom is 0.252 e. The molecule has 1 aromatic carbocycles. The Bertz CT molecular complexity index is 435. The lowest BCUT2D eigenvalue weighted by atomic mass is 10.1. The van der Waals surface area contributed by atoms with Crippen molar-refractivity contribution in [2.75, 3.05) is 0 Å². The minimum atomic E-state index is -0.345. The fourth-order valence-corrected chi connectivity index (χ4v) is 2.81. The van der Waals surface area contributed by atoms with Gasteiger partial charge >= 0.3 is 0 Å². The molecule has 2 rings (SSSR count). The first-order valence-corrected chi connectivity index (χ1v) is 6.63. The van der Waals surface area contributed by atoms with Gasteiger partial charge in [-0.05, 0) is 52.9 Å². The lowest BCUT2D eigenvalue weighted by molar-refractivity contribution is 0.0929. The lowest BCUT2D eigenvalue weighted by Gasteiger charge is -2.17. The van der Waals surface area contributed by atoms with Crippen LogP contribution in [-0.2, 0) is 0 Å². The molecule has 1 aliphatic rings. The normalized spacial score (nSPS) is 23.7. The summed E-state index contributed by atoms with van der Waals surface area (Å²) in [5.41, 5.74) is 0.491. The van der Waals surface area contributed by atoms with E-state index in [4.69, 9.17) is 0 Å². The van der Waals surface area contributed by atoms with E-state index < -0.39 is 0 Å². The smallest absolute Gasteiger partial charge is 0.252 e. The van der Waals surface area contributed by atoms with E-state index >= 15 is 0 Å². The van der Waals surface area contributed by atoms with Gasteiger partial charge in [-0.3, -0.25) is 4.79 Å². The van der Waals surface area contributed by atoms with Crippen molar-refractivity contribution < 1.29 is 9.18 Å². The molecular weight excluding hydrogens is 285 g/mol. The Kier molecular flexibility index (Phi) is 3.82. The SMILES string of the molecule is CC1CCCC1NC(=O)c1ccc(F)cc1Br. The van der Waals surface area contributed by atoms with Crippen molar-refractivity contribution in [2.24, 2.45) is 5.92 Å². The number of carbonyl (C=O) groups excluding carboxylic acids is 1. The van der Waals surface area contributed by atoms with E-state index in [9.17, 15) is 9.18 Å². The van der Waals surface area contributed by atoms with Gasteiger partial charge in [0.2, 0.25) is 0 Å². The van der Waals surface area contributed by atoms with E-state index in [1.807, 2.05) is 0 Å². The van der Waals surface area contributed by atoms with Crippen LogP contribution in [-0.4, -0.2) is 11.9 Å². The number of hydrogen-bond donors (Lipinski definition) is 1. The molecule has 1 amide bonds. The van der Waals surface area contributed by atoms with Crippen LogP contribution in [0.5, 0.6) is 0 Å². The molecule has 17 heavy (non-hydrogen) atoms. The highest BCUT2D eigenvalue weighted by atomic mass is 79.9. The fourth-order valence-electron chi connectivity index (χ4n) is 2.28. The Hall–Kier alpha value is -0.900. The molecule has 0 radical (unpaired) electrons. The second-order valence-electron chi connectivity index (χ2n) is 4.61. The first-order chi connectivity index (χ1) is 8.08. The zero-order valence-electron chi connectivity index (χ0n) is 9.67. The number of hydrogen-bond acceptors (Lipinski definition) is 1. The number of nitrogens with one attached hydrogen (secondary N) is 1. The van der Waals surface area contributed by atoms with E-state index in [2.05, 4.69) is 28.2 Å². The molecule has 0 aromatic heterocycles. The minimum absolute atomic E-state index is 0.129. The summed E-state index contributed by atoms with van der Waals surface area (Å²) in [6.07, 6.45) is 3.36. The molecule has 0 saturated heterocycles.